The Balaban J connectivity index is 2.96. The van der Waals surface area contributed by atoms with Gasteiger partial charge in [0, 0.05) is 17.8 Å². The Labute approximate surface area is 79.3 Å². The molecule has 76 valence electrons. The van der Waals surface area contributed by atoms with Crippen molar-refractivity contribution >= 4 is 6.21 Å². The second-order valence-corrected chi connectivity index (χ2v) is 2.58. The molecule has 0 unspecified atom stereocenters. The maximum absolute atomic E-state index is 12.7. The number of aliphatic imine (C=N–C) groups is 1. The first-order valence-electron chi connectivity index (χ1n) is 3.94. The fraction of sp³-hybridized carbons (Fsp3) is 0.222. The molecule has 0 amide bonds. The average Bonchev–Trinajstić information content (AvgIpc) is 2.13. The van der Waals surface area contributed by atoms with Gasteiger partial charge in [0.2, 0.25) is 0 Å². The minimum atomic E-state index is -1.03. The average molecular weight is 201 g/mol. The summed E-state index contributed by atoms with van der Waals surface area (Å²) in [4.78, 5) is 3.63. The van der Waals surface area contributed by atoms with Gasteiger partial charge in [-0.25, -0.2) is 8.78 Å². The number of phenols is 1. The fourth-order valence-electron chi connectivity index (χ4n) is 0.905. The highest BCUT2D eigenvalue weighted by molar-refractivity contribution is 5.83. The molecular formula is C9H9F2NO2. The minimum absolute atomic E-state index is 0.0454. The van der Waals surface area contributed by atoms with Crippen molar-refractivity contribution in [3.8, 4) is 5.75 Å². The molecule has 3 nitrogen and oxygen atoms in total. The third-order valence-corrected chi connectivity index (χ3v) is 1.52. The molecule has 0 heterocycles. The van der Waals surface area contributed by atoms with Crippen molar-refractivity contribution in [2.24, 2.45) is 4.99 Å². The second-order valence-electron chi connectivity index (χ2n) is 2.58. The number of aliphatic hydroxyl groups excluding tert-OH is 1. The summed E-state index contributed by atoms with van der Waals surface area (Å²) in [6.45, 7) is -0.0351. The lowest BCUT2D eigenvalue weighted by molar-refractivity contribution is 0.307. The maximum atomic E-state index is 12.7. The van der Waals surface area contributed by atoms with Crippen LogP contribution in [0, 0.1) is 11.6 Å². The van der Waals surface area contributed by atoms with E-state index in [0.717, 1.165) is 12.3 Å². The number of aliphatic hydroxyl groups is 1. The molecule has 0 spiro atoms. The lowest BCUT2D eigenvalue weighted by atomic mass is 10.2. The summed E-state index contributed by atoms with van der Waals surface area (Å²) in [5.74, 6) is -2.46. The zero-order valence-electron chi connectivity index (χ0n) is 7.24. The Bertz CT molecular complexity index is 353. The summed E-state index contributed by atoms with van der Waals surface area (Å²) >= 11 is 0. The van der Waals surface area contributed by atoms with Gasteiger partial charge < -0.3 is 10.2 Å². The van der Waals surface area contributed by atoms with E-state index in [4.69, 9.17) is 10.2 Å². The zero-order chi connectivity index (χ0) is 10.6. The van der Waals surface area contributed by atoms with Crippen LogP contribution in [0.15, 0.2) is 17.1 Å². The summed E-state index contributed by atoms with van der Waals surface area (Å²) in [6, 6.07) is 1.54. The highest BCUT2D eigenvalue weighted by atomic mass is 19.1. The Morgan fingerprint density at radius 3 is 2.71 bits per heavy atom. The van der Waals surface area contributed by atoms with E-state index in [-0.39, 0.29) is 18.7 Å². The molecule has 0 aliphatic carbocycles. The molecule has 0 aliphatic heterocycles. The van der Waals surface area contributed by atoms with E-state index in [2.05, 4.69) is 4.99 Å². The maximum Gasteiger partial charge on any atom is 0.168 e. The highest BCUT2D eigenvalue weighted by Gasteiger charge is 2.07. The first kappa shape index (κ1) is 10.6. The lowest BCUT2D eigenvalue weighted by Gasteiger charge is -2.00. The number of aromatic hydroxyl groups is 1. The van der Waals surface area contributed by atoms with E-state index in [1.165, 1.54) is 0 Å². The summed E-state index contributed by atoms with van der Waals surface area (Å²) < 4.78 is 25.4. The molecule has 0 bridgehead atoms. The van der Waals surface area contributed by atoms with Crippen LogP contribution in [0.1, 0.15) is 5.56 Å². The van der Waals surface area contributed by atoms with Crippen LogP contribution in [0.4, 0.5) is 8.78 Å². The molecule has 0 fully saturated rings. The minimum Gasteiger partial charge on any atom is -0.504 e. The number of hydrogen-bond acceptors (Lipinski definition) is 3. The number of nitrogens with zero attached hydrogens (tertiary/aromatic N) is 1. The van der Waals surface area contributed by atoms with Gasteiger partial charge in [0.1, 0.15) is 5.82 Å². The molecule has 0 atom stereocenters. The van der Waals surface area contributed by atoms with Crippen molar-refractivity contribution in [3.63, 3.8) is 0 Å². The first-order valence-corrected chi connectivity index (χ1v) is 3.94. The summed E-state index contributed by atoms with van der Waals surface area (Å²) in [5, 5.41) is 17.5. The van der Waals surface area contributed by atoms with Gasteiger partial charge in [-0.3, -0.25) is 4.99 Å². The van der Waals surface area contributed by atoms with Crippen LogP contribution in [0.3, 0.4) is 0 Å². The molecule has 0 radical (unpaired) electrons. The standard InChI is InChI=1S/C9H9F2NO2/c10-7-3-6(5-12-1-2-13)9(14)8(11)4-7/h3-5,13-14H,1-2H2. The molecule has 5 heteroatoms. The van der Waals surface area contributed by atoms with E-state index < -0.39 is 17.4 Å². The molecule has 2 N–H and O–H groups in total. The van der Waals surface area contributed by atoms with Gasteiger partial charge in [0.05, 0.1) is 13.2 Å². The van der Waals surface area contributed by atoms with E-state index in [1.54, 1.807) is 0 Å². The monoisotopic (exact) mass is 201 g/mol. The fourth-order valence-corrected chi connectivity index (χ4v) is 0.905. The van der Waals surface area contributed by atoms with Crippen LogP contribution >= 0.6 is 0 Å². The Hall–Kier alpha value is -1.49. The van der Waals surface area contributed by atoms with E-state index >= 15 is 0 Å². The number of rotatable bonds is 3. The van der Waals surface area contributed by atoms with E-state index in [0.29, 0.717) is 6.07 Å². The Kier molecular flexibility index (Phi) is 3.53. The molecule has 0 aromatic heterocycles. The third kappa shape index (κ3) is 2.50. The highest BCUT2D eigenvalue weighted by Crippen LogP contribution is 2.20. The van der Waals surface area contributed by atoms with Gasteiger partial charge in [0.25, 0.3) is 0 Å². The van der Waals surface area contributed by atoms with Gasteiger partial charge in [-0.15, -0.1) is 0 Å². The first-order chi connectivity index (χ1) is 6.65. The van der Waals surface area contributed by atoms with Crippen LogP contribution < -0.4 is 0 Å². The topological polar surface area (TPSA) is 52.8 Å². The van der Waals surface area contributed by atoms with Crippen LogP contribution in [0.2, 0.25) is 0 Å². The molecule has 1 rings (SSSR count). The number of benzene rings is 1. The number of hydrogen-bond donors (Lipinski definition) is 2. The lowest BCUT2D eigenvalue weighted by Crippen LogP contribution is -1.92. The van der Waals surface area contributed by atoms with Crippen molar-refractivity contribution in [2.75, 3.05) is 13.2 Å². The van der Waals surface area contributed by atoms with E-state index in [9.17, 15) is 8.78 Å². The zero-order valence-corrected chi connectivity index (χ0v) is 7.24. The van der Waals surface area contributed by atoms with Gasteiger partial charge >= 0.3 is 0 Å². The number of phenolic OH excluding ortho intramolecular Hbond substituents is 1. The molecule has 0 saturated heterocycles. The molecule has 1 aromatic rings. The van der Waals surface area contributed by atoms with Crippen molar-refractivity contribution in [2.45, 2.75) is 0 Å². The third-order valence-electron chi connectivity index (χ3n) is 1.52. The molecular weight excluding hydrogens is 192 g/mol. The molecule has 0 aliphatic rings. The quantitative estimate of drug-likeness (QED) is 0.719. The predicted molar refractivity (Wildman–Crippen MR) is 47.6 cm³/mol. The van der Waals surface area contributed by atoms with Gasteiger partial charge in [-0.05, 0) is 6.07 Å². The Morgan fingerprint density at radius 2 is 2.07 bits per heavy atom. The Morgan fingerprint density at radius 1 is 1.36 bits per heavy atom. The van der Waals surface area contributed by atoms with Crippen LogP contribution in [-0.2, 0) is 0 Å². The SMILES string of the molecule is OCCN=Cc1cc(F)cc(F)c1O. The molecule has 14 heavy (non-hydrogen) atoms. The van der Waals surface area contributed by atoms with Gasteiger partial charge in [0.15, 0.2) is 11.6 Å². The van der Waals surface area contributed by atoms with E-state index in [1.807, 2.05) is 0 Å². The van der Waals surface area contributed by atoms with Crippen LogP contribution in [0.25, 0.3) is 0 Å². The predicted octanol–water partition coefficient (Wildman–Crippen LogP) is 1.08. The van der Waals surface area contributed by atoms with Gasteiger partial charge in [-0.2, -0.15) is 0 Å². The second kappa shape index (κ2) is 4.66. The molecule has 0 saturated carbocycles. The van der Waals surface area contributed by atoms with Crippen molar-refractivity contribution in [1.29, 1.82) is 0 Å². The van der Waals surface area contributed by atoms with Crippen molar-refractivity contribution in [1.82, 2.24) is 0 Å². The normalized spacial score (nSPS) is 11.1. The van der Waals surface area contributed by atoms with Crippen molar-refractivity contribution < 1.29 is 19.0 Å². The van der Waals surface area contributed by atoms with Crippen LogP contribution in [0.5, 0.6) is 5.75 Å². The largest absolute Gasteiger partial charge is 0.504 e. The summed E-state index contributed by atoms with van der Waals surface area (Å²) in [5.41, 5.74) is -0.0454. The molecule has 1 aromatic carbocycles. The summed E-state index contributed by atoms with van der Waals surface area (Å²) in [7, 11) is 0. The van der Waals surface area contributed by atoms with Crippen molar-refractivity contribution in [3.05, 3.63) is 29.3 Å². The van der Waals surface area contributed by atoms with Crippen LogP contribution in [-0.4, -0.2) is 29.6 Å². The number of halogens is 2. The summed E-state index contributed by atoms with van der Waals surface area (Å²) in [6.07, 6.45) is 1.11. The smallest absolute Gasteiger partial charge is 0.168 e. The van der Waals surface area contributed by atoms with Gasteiger partial charge in [-0.1, -0.05) is 0 Å².